The average molecular weight is 786 g/mol. The van der Waals surface area contributed by atoms with Gasteiger partial charge in [-0.05, 0) is 73.7 Å². The summed E-state index contributed by atoms with van der Waals surface area (Å²) in [6.07, 6.45) is 2.52. The monoisotopic (exact) mass is 784 g/mol. The Morgan fingerprint density at radius 1 is 0.846 bits per heavy atom. The number of aryl methyl sites for hydroxylation is 1. The summed E-state index contributed by atoms with van der Waals surface area (Å²) in [7, 11) is 1.39. The molecular formula is C37H51Cl2FN2O9Si. The van der Waals surface area contributed by atoms with E-state index in [-0.39, 0.29) is 36.9 Å². The van der Waals surface area contributed by atoms with Gasteiger partial charge in [0.2, 0.25) is 0 Å². The number of halogens is 3. The van der Waals surface area contributed by atoms with Gasteiger partial charge in [-0.3, -0.25) is 4.79 Å². The number of carbonyl (C=O) groups excluding carboxylic acids is 2. The number of nitrogens with zero attached hydrogens (tertiary/aromatic N) is 2. The fourth-order valence-electron chi connectivity index (χ4n) is 5.00. The van der Waals surface area contributed by atoms with Crippen LogP contribution in [0.15, 0.2) is 30.3 Å². The number of benzene rings is 2. The molecule has 0 atom stereocenters. The van der Waals surface area contributed by atoms with Gasteiger partial charge in [-0.15, -0.1) is 0 Å². The lowest BCUT2D eigenvalue weighted by Gasteiger charge is -2.15. The van der Waals surface area contributed by atoms with Crippen LogP contribution in [-0.2, 0) is 54.7 Å². The Hall–Kier alpha value is -3.20. The van der Waals surface area contributed by atoms with Crippen molar-refractivity contribution in [3.8, 4) is 11.5 Å². The molecule has 1 heterocycles. The highest BCUT2D eigenvalue weighted by Crippen LogP contribution is 2.34. The second-order valence-electron chi connectivity index (χ2n) is 13.3. The van der Waals surface area contributed by atoms with E-state index in [0.29, 0.717) is 81.2 Å². The van der Waals surface area contributed by atoms with Crippen LogP contribution in [0.1, 0.15) is 52.1 Å². The van der Waals surface area contributed by atoms with E-state index in [4.69, 9.17) is 56.7 Å². The molecule has 0 N–H and O–H groups in total. The van der Waals surface area contributed by atoms with Gasteiger partial charge in [0.15, 0.2) is 17.3 Å². The molecule has 3 rings (SSSR count). The van der Waals surface area contributed by atoms with Crippen LogP contribution < -0.4 is 9.47 Å². The average Bonchev–Trinajstić information content (AvgIpc) is 3.40. The molecule has 1 aromatic heterocycles. The molecule has 15 heteroatoms. The van der Waals surface area contributed by atoms with Gasteiger partial charge in [0, 0.05) is 39.8 Å². The molecule has 52 heavy (non-hydrogen) atoms. The highest BCUT2D eigenvalue weighted by molar-refractivity contribution is 6.76. The molecule has 0 unspecified atom stereocenters. The van der Waals surface area contributed by atoms with E-state index in [1.807, 2.05) is 11.6 Å². The lowest BCUT2D eigenvalue weighted by molar-refractivity contribution is -0.140. The summed E-state index contributed by atoms with van der Waals surface area (Å²) in [5, 5.41) is 5.55. The molecule has 0 saturated carbocycles. The number of ether oxygens (including phenoxy) is 7. The van der Waals surface area contributed by atoms with Gasteiger partial charge >= 0.3 is 11.9 Å². The summed E-state index contributed by atoms with van der Waals surface area (Å²) in [6, 6.07) is 8.42. The van der Waals surface area contributed by atoms with Crippen molar-refractivity contribution in [3.63, 3.8) is 0 Å². The van der Waals surface area contributed by atoms with Crippen LogP contribution in [-0.4, -0.2) is 83.7 Å². The predicted octanol–water partition coefficient (Wildman–Crippen LogP) is 7.86. The van der Waals surface area contributed by atoms with Crippen LogP contribution in [0.3, 0.4) is 0 Å². The summed E-state index contributed by atoms with van der Waals surface area (Å²) in [5.41, 5.74) is 3.82. The van der Waals surface area contributed by atoms with Gasteiger partial charge in [0.05, 0.1) is 68.6 Å². The van der Waals surface area contributed by atoms with Gasteiger partial charge in [-0.25, -0.2) is 13.9 Å². The first-order valence-electron chi connectivity index (χ1n) is 17.3. The van der Waals surface area contributed by atoms with E-state index in [0.717, 1.165) is 28.6 Å². The van der Waals surface area contributed by atoms with Crippen molar-refractivity contribution in [2.45, 2.75) is 78.1 Å². The Morgan fingerprint density at radius 3 is 2.25 bits per heavy atom. The third-order valence-electron chi connectivity index (χ3n) is 8.00. The number of esters is 2. The maximum Gasteiger partial charge on any atom is 0.337 e. The number of rotatable bonds is 24. The van der Waals surface area contributed by atoms with E-state index in [1.165, 1.54) is 32.4 Å². The number of aromatic nitrogens is 2. The lowest BCUT2D eigenvalue weighted by Crippen LogP contribution is -2.22. The second-order valence-corrected chi connectivity index (χ2v) is 19.7. The standard InChI is InChI=1S/C37H51Cl2FN2O9Si/c1-26-29(9-7-15-50-34-23-28(37(44)46-3)11-12-32(34)40)33(41-42(26)25-49-19-20-52(4,5)6)24-48-18-17-47-14-8-16-51-36-30(38)21-27(22-31(36)39)10-13-35(43)45-2/h11-12,21-23H,7-10,13-20,24-25H2,1-6H3. The first-order chi connectivity index (χ1) is 24.8. The maximum absolute atomic E-state index is 14.3. The smallest absolute Gasteiger partial charge is 0.337 e. The Bertz CT molecular complexity index is 1580. The molecule has 0 aliphatic heterocycles. The van der Waals surface area contributed by atoms with Gasteiger partial charge in [0.1, 0.15) is 6.73 Å². The first-order valence-corrected chi connectivity index (χ1v) is 21.8. The van der Waals surface area contributed by atoms with Crippen LogP contribution in [0.25, 0.3) is 0 Å². The first kappa shape index (κ1) is 43.2. The Labute approximate surface area is 316 Å². The SMILES string of the molecule is COC(=O)CCc1cc(Cl)c(OCCCOCCOCc2nn(COCC[Si](C)(C)C)c(C)c2CCCOc2cc(C(=O)OC)ccc2F)c(Cl)c1. The predicted molar refractivity (Wildman–Crippen MR) is 200 cm³/mol. The van der Waals surface area contributed by atoms with Crippen LogP contribution in [0.5, 0.6) is 11.5 Å². The molecule has 11 nitrogen and oxygen atoms in total. The largest absolute Gasteiger partial charge is 0.490 e. The topological polar surface area (TPSA) is 117 Å². The maximum atomic E-state index is 14.3. The van der Waals surface area contributed by atoms with Crippen LogP contribution >= 0.6 is 23.2 Å². The number of hydrogen-bond acceptors (Lipinski definition) is 10. The Kier molecular flexibility index (Phi) is 18.4. The van der Waals surface area contributed by atoms with Crippen molar-refractivity contribution in [3.05, 3.63) is 74.3 Å². The van der Waals surface area contributed by atoms with Gasteiger partial charge in [-0.1, -0.05) is 42.8 Å². The molecule has 0 spiro atoms. The van der Waals surface area contributed by atoms with Crippen molar-refractivity contribution < 1.29 is 47.1 Å². The van der Waals surface area contributed by atoms with Crippen molar-refractivity contribution >= 4 is 43.2 Å². The summed E-state index contributed by atoms with van der Waals surface area (Å²) in [4.78, 5) is 23.3. The molecule has 0 aliphatic rings. The third kappa shape index (κ3) is 14.7. The number of carbonyl (C=O) groups is 2. The summed E-state index contributed by atoms with van der Waals surface area (Å²) in [6.45, 7) is 12.0. The molecule has 0 radical (unpaired) electrons. The molecule has 2 aromatic carbocycles. The Balaban J connectivity index is 1.46. The minimum absolute atomic E-state index is 0.00318. The summed E-state index contributed by atoms with van der Waals surface area (Å²) < 4.78 is 54.7. The van der Waals surface area contributed by atoms with Crippen molar-refractivity contribution in [2.24, 2.45) is 0 Å². The molecule has 0 amide bonds. The number of hydrogen-bond donors (Lipinski definition) is 0. The molecule has 0 aliphatic carbocycles. The zero-order valence-electron chi connectivity index (χ0n) is 31.0. The van der Waals surface area contributed by atoms with Crippen LogP contribution in [0.2, 0.25) is 35.7 Å². The molecule has 0 bridgehead atoms. The highest BCUT2D eigenvalue weighted by Gasteiger charge is 2.18. The van der Waals surface area contributed by atoms with E-state index in [2.05, 4.69) is 24.4 Å². The number of methoxy groups -OCH3 is 2. The van der Waals surface area contributed by atoms with E-state index in [9.17, 15) is 14.0 Å². The molecule has 3 aromatic rings. The van der Waals surface area contributed by atoms with Crippen LogP contribution in [0, 0.1) is 12.7 Å². The second kappa shape index (κ2) is 22.1. The van der Waals surface area contributed by atoms with Gasteiger partial charge < -0.3 is 33.2 Å². The lowest BCUT2D eigenvalue weighted by atomic mass is 10.1. The molecule has 288 valence electrons. The van der Waals surface area contributed by atoms with Crippen molar-refractivity contribution in [1.82, 2.24) is 9.78 Å². The van der Waals surface area contributed by atoms with Crippen molar-refractivity contribution in [1.29, 1.82) is 0 Å². The minimum Gasteiger partial charge on any atom is -0.490 e. The zero-order valence-corrected chi connectivity index (χ0v) is 33.5. The summed E-state index contributed by atoms with van der Waals surface area (Å²) >= 11 is 12.7. The van der Waals surface area contributed by atoms with E-state index in [1.54, 1.807) is 12.1 Å². The Morgan fingerprint density at radius 2 is 1.56 bits per heavy atom. The normalized spacial score (nSPS) is 11.5. The van der Waals surface area contributed by atoms with E-state index >= 15 is 0 Å². The van der Waals surface area contributed by atoms with Crippen LogP contribution in [0.4, 0.5) is 4.39 Å². The van der Waals surface area contributed by atoms with Gasteiger partial charge in [-0.2, -0.15) is 5.10 Å². The minimum atomic E-state index is -1.23. The molecule has 0 saturated heterocycles. The fraction of sp³-hybridized carbons (Fsp3) is 0.541. The highest BCUT2D eigenvalue weighted by atomic mass is 35.5. The molecular weight excluding hydrogens is 734 g/mol. The fourth-order valence-corrected chi connectivity index (χ4v) is 6.40. The summed E-state index contributed by atoms with van der Waals surface area (Å²) in [5.74, 6) is -1.02. The van der Waals surface area contributed by atoms with Crippen molar-refractivity contribution in [2.75, 3.05) is 53.9 Å². The zero-order chi connectivity index (χ0) is 38.1. The van der Waals surface area contributed by atoms with Gasteiger partial charge in [0.25, 0.3) is 0 Å². The van der Waals surface area contributed by atoms with E-state index < -0.39 is 19.9 Å². The quantitative estimate of drug-likeness (QED) is 0.0505. The molecule has 0 fully saturated rings. The third-order valence-corrected chi connectivity index (χ3v) is 10.3.